The number of carbonyl (C=O) groups is 5. The van der Waals surface area contributed by atoms with Gasteiger partial charge in [-0.3, -0.25) is 24.0 Å². The zero-order valence-electron chi connectivity index (χ0n) is 22.9. The summed E-state index contributed by atoms with van der Waals surface area (Å²) in [6, 6.07) is 0. The number of hydrogen-bond acceptors (Lipinski definition) is 10. The average molecular weight is 535 g/mol. The molecule has 0 amide bonds. The Labute approximate surface area is 222 Å². The molecule has 10 nitrogen and oxygen atoms in total. The van der Waals surface area contributed by atoms with Crippen LogP contribution in [0, 0.1) is 39.9 Å². The van der Waals surface area contributed by atoms with Gasteiger partial charge in [-0.2, -0.15) is 0 Å². The Balaban J connectivity index is 1.81. The van der Waals surface area contributed by atoms with Crippen LogP contribution in [0.3, 0.4) is 0 Å². The van der Waals surface area contributed by atoms with Gasteiger partial charge in [-0.25, -0.2) is 0 Å². The van der Waals surface area contributed by atoms with E-state index in [9.17, 15) is 24.0 Å². The second-order valence-electron chi connectivity index (χ2n) is 12.4. The molecule has 0 aromatic rings. The summed E-state index contributed by atoms with van der Waals surface area (Å²) in [4.78, 5) is 64.3. The molecule has 10 heteroatoms. The number of carbonyl (C=O) groups excluding carboxylic acids is 5. The molecule has 5 fully saturated rings. The molecule has 5 aliphatic rings. The lowest BCUT2D eigenvalue weighted by molar-refractivity contribution is -0.359. The van der Waals surface area contributed by atoms with Crippen LogP contribution in [0.1, 0.15) is 73.6 Å². The zero-order valence-corrected chi connectivity index (χ0v) is 22.9. The molecule has 0 unspecified atom stereocenters. The van der Waals surface area contributed by atoms with Gasteiger partial charge in [0, 0.05) is 50.9 Å². The van der Waals surface area contributed by atoms with E-state index in [1.807, 2.05) is 0 Å². The highest BCUT2D eigenvalue weighted by Crippen LogP contribution is 2.75. The molecule has 0 aromatic heterocycles. The highest BCUT2D eigenvalue weighted by Gasteiger charge is 2.83. The second kappa shape index (κ2) is 9.03. The topological polar surface area (TPSA) is 132 Å². The van der Waals surface area contributed by atoms with Gasteiger partial charge in [-0.1, -0.05) is 20.3 Å². The Morgan fingerprint density at radius 2 is 1.50 bits per heavy atom. The van der Waals surface area contributed by atoms with Crippen LogP contribution in [-0.2, 0) is 47.7 Å². The largest absolute Gasteiger partial charge is 0.462 e. The van der Waals surface area contributed by atoms with E-state index in [-0.39, 0.29) is 17.1 Å². The monoisotopic (exact) mass is 534 g/mol. The molecular formula is C28H38O10. The van der Waals surface area contributed by atoms with Gasteiger partial charge in [0.05, 0.1) is 6.61 Å². The molecule has 0 N–H and O–H groups in total. The Bertz CT molecular complexity index is 1070. The summed E-state index contributed by atoms with van der Waals surface area (Å²) < 4.78 is 30.1. The third kappa shape index (κ3) is 3.58. The predicted octanol–water partition coefficient (Wildman–Crippen LogP) is 2.74. The van der Waals surface area contributed by atoms with E-state index in [4.69, 9.17) is 23.7 Å². The SMILES string of the molecule is CC(=O)O[C@@H]1OC[C@]2(C)CCC[C@@]13[C@@H]2C[C@@H](OC(C)=O)[C@@]12C(=O)[C@H](C)[C@H](C[C@H](OC(C)=O)[C@@H]31)[C@H]2OC(C)=O. The molecule has 1 heterocycles. The van der Waals surface area contributed by atoms with Gasteiger partial charge in [0.2, 0.25) is 6.29 Å². The first-order valence-corrected chi connectivity index (χ1v) is 13.6. The normalized spacial score (nSPS) is 46.7. The molecule has 1 spiro atoms. The zero-order chi connectivity index (χ0) is 27.8. The van der Waals surface area contributed by atoms with Gasteiger partial charge in [0.15, 0.2) is 0 Å². The van der Waals surface area contributed by atoms with Crippen molar-refractivity contribution in [1.29, 1.82) is 0 Å². The first-order chi connectivity index (χ1) is 17.8. The van der Waals surface area contributed by atoms with Crippen molar-refractivity contribution in [3.63, 3.8) is 0 Å². The van der Waals surface area contributed by atoms with Crippen molar-refractivity contribution in [1.82, 2.24) is 0 Å². The van der Waals surface area contributed by atoms with Crippen LogP contribution in [0.15, 0.2) is 0 Å². The van der Waals surface area contributed by atoms with E-state index in [0.717, 1.165) is 12.8 Å². The highest BCUT2D eigenvalue weighted by molar-refractivity contribution is 5.93. The Morgan fingerprint density at radius 3 is 2.11 bits per heavy atom. The standard InChI is InChI=1S/C28H38O10/c1-13-18-10-19(35-14(2)29)22-27-9-7-8-26(6,12-34-25(27)38-17(5)32)20(27)11-21(36-15(3)30)28(22,23(13)33)24(18)37-16(4)31/h13,18-22,24-25H,7-12H2,1-6H3/t13-,18+,19+,20-,21-,22+,24-,25+,26+,27+,28+/m1/s1. The van der Waals surface area contributed by atoms with Crippen molar-refractivity contribution >= 4 is 29.7 Å². The lowest BCUT2D eigenvalue weighted by Gasteiger charge is -2.70. The highest BCUT2D eigenvalue weighted by atomic mass is 16.7. The van der Waals surface area contributed by atoms with Gasteiger partial charge >= 0.3 is 23.9 Å². The molecule has 1 saturated heterocycles. The van der Waals surface area contributed by atoms with Gasteiger partial charge < -0.3 is 23.7 Å². The fourth-order valence-electron chi connectivity index (χ4n) is 9.49. The number of fused-ring (bicyclic) bond motifs is 1. The molecule has 5 rings (SSSR count). The van der Waals surface area contributed by atoms with Crippen LogP contribution in [-0.4, -0.2) is 60.9 Å². The van der Waals surface area contributed by atoms with Crippen molar-refractivity contribution in [2.45, 2.75) is 98.2 Å². The summed E-state index contributed by atoms with van der Waals surface area (Å²) in [5, 5.41) is 0. The van der Waals surface area contributed by atoms with E-state index in [1.54, 1.807) is 6.92 Å². The number of rotatable bonds is 4. The van der Waals surface area contributed by atoms with Crippen molar-refractivity contribution in [2.24, 2.45) is 39.9 Å². The van der Waals surface area contributed by atoms with Crippen LogP contribution in [0.4, 0.5) is 0 Å². The second-order valence-corrected chi connectivity index (χ2v) is 12.4. The lowest BCUT2D eigenvalue weighted by atomic mass is 9.37. The lowest BCUT2D eigenvalue weighted by Crippen LogP contribution is -2.76. The van der Waals surface area contributed by atoms with E-state index in [1.165, 1.54) is 27.7 Å². The molecular weight excluding hydrogens is 496 g/mol. The smallest absolute Gasteiger partial charge is 0.304 e. The van der Waals surface area contributed by atoms with E-state index < -0.39 is 77.1 Å². The van der Waals surface area contributed by atoms with Gasteiger partial charge in [0.25, 0.3) is 0 Å². The molecule has 0 aromatic carbocycles. The molecule has 4 bridgehead atoms. The average Bonchev–Trinajstić information content (AvgIpc) is 2.91. The quantitative estimate of drug-likeness (QED) is 0.392. The molecule has 210 valence electrons. The summed E-state index contributed by atoms with van der Waals surface area (Å²) in [5.41, 5.74) is -2.75. The number of ether oxygens (including phenoxy) is 5. The van der Waals surface area contributed by atoms with Crippen LogP contribution >= 0.6 is 0 Å². The summed E-state index contributed by atoms with van der Waals surface area (Å²) in [6.07, 6.45) is -0.719. The van der Waals surface area contributed by atoms with Crippen molar-refractivity contribution in [3.05, 3.63) is 0 Å². The van der Waals surface area contributed by atoms with Crippen molar-refractivity contribution in [2.75, 3.05) is 6.61 Å². The Kier molecular flexibility index (Phi) is 6.44. The summed E-state index contributed by atoms with van der Waals surface area (Å²) in [5.74, 6) is -4.17. The molecule has 0 radical (unpaired) electrons. The van der Waals surface area contributed by atoms with Gasteiger partial charge in [0.1, 0.15) is 29.5 Å². The molecule has 11 atom stereocenters. The maximum atomic E-state index is 14.5. The first-order valence-electron chi connectivity index (χ1n) is 13.6. The number of Topliss-reactive ketones (excluding diaryl/α,β-unsaturated/α-hetero) is 1. The summed E-state index contributed by atoms with van der Waals surface area (Å²) >= 11 is 0. The minimum absolute atomic E-state index is 0.168. The van der Waals surface area contributed by atoms with Crippen molar-refractivity contribution < 1.29 is 47.7 Å². The van der Waals surface area contributed by atoms with Crippen LogP contribution < -0.4 is 0 Å². The number of esters is 4. The predicted molar refractivity (Wildman–Crippen MR) is 129 cm³/mol. The minimum Gasteiger partial charge on any atom is -0.462 e. The third-order valence-corrected chi connectivity index (χ3v) is 10.3. The maximum absolute atomic E-state index is 14.5. The Hall–Kier alpha value is -2.49. The fraction of sp³-hybridized carbons (Fsp3) is 0.821. The third-order valence-electron chi connectivity index (χ3n) is 10.3. The van der Waals surface area contributed by atoms with E-state index in [2.05, 4.69) is 6.92 Å². The van der Waals surface area contributed by atoms with E-state index >= 15 is 0 Å². The fourth-order valence-corrected chi connectivity index (χ4v) is 9.49. The number of hydrogen-bond donors (Lipinski definition) is 0. The van der Waals surface area contributed by atoms with E-state index in [0.29, 0.717) is 25.9 Å². The van der Waals surface area contributed by atoms with Crippen LogP contribution in [0.5, 0.6) is 0 Å². The number of ketones is 1. The van der Waals surface area contributed by atoms with Crippen molar-refractivity contribution in [3.8, 4) is 0 Å². The van der Waals surface area contributed by atoms with Crippen LogP contribution in [0.25, 0.3) is 0 Å². The Morgan fingerprint density at radius 1 is 0.868 bits per heavy atom. The molecule has 4 saturated carbocycles. The van der Waals surface area contributed by atoms with Gasteiger partial charge in [-0.15, -0.1) is 0 Å². The van der Waals surface area contributed by atoms with Crippen LogP contribution in [0.2, 0.25) is 0 Å². The summed E-state index contributed by atoms with van der Waals surface area (Å²) in [7, 11) is 0. The van der Waals surface area contributed by atoms with Gasteiger partial charge in [-0.05, 0) is 37.0 Å². The summed E-state index contributed by atoms with van der Waals surface area (Å²) in [6.45, 7) is 9.49. The molecule has 1 aliphatic heterocycles. The maximum Gasteiger partial charge on any atom is 0.304 e. The first kappa shape index (κ1) is 27.1. The minimum atomic E-state index is -1.48. The molecule has 4 aliphatic carbocycles. The molecule has 38 heavy (non-hydrogen) atoms.